The van der Waals surface area contributed by atoms with Crippen LogP contribution in [0.3, 0.4) is 0 Å². The maximum Gasteiger partial charge on any atom is 0.306 e. The van der Waals surface area contributed by atoms with Gasteiger partial charge in [0.25, 0.3) is 10.9 Å². The highest BCUT2D eigenvalue weighted by atomic mass is 16.5. The van der Waals surface area contributed by atoms with Crippen molar-refractivity contribution < 1.29 is 19.1 Å². The highest BCUT2D eigenvalue weighted by Gasteiger charge is 2.21. The molecule has 9 nitrogen and oxygen atoms in total. The second-order valence-corrected chi connectivity index (χ2v) is 18.3. The molecule has 0 atom stereocenters. The van der Waals surface area contributed by atoms with Crippen molar-refractivity contribution >= 4 is 23.3 Å². The third kappa shape index (κ3) is 25.5. The van der Waals surface area contributed by atoms with Crippen LogP contribution in [0.5, 0.6) is 0 Å². The van der Waals surface area contributed by atoms with Gasteiger partial charge in [-0.15, -0.1) is 0 Å². The quantitative estimate of drug-likeness (QED) is 0.0378. The predicted molar refractivity (Wildman–Crippen MR) is 253 cm³/mol. The Kier molecular flexibility index (Phi) is 32.3. The third-order valence-electron chi connectivity index (χ3n) is 13.2. The molecule has 0 saturated heterocycles. The third-order valence-corrected chi connectivity index (χ3v) is 13.2. The Bertz CT molecular complexity index is 1250. The number of nitrogens with one attached hydrogen (secondary N) is 2. The van der Waals surface area contributed by atoms with Crippen LogP contribution in [-0.4, -0.2) is 62.8 Å². The number of hydrogen-bond donors (Lipinski definition) is 2. The Labute approximate surface area is 367 Å². The first kappa shape index (κ1) is 53.7. The number of carbonyl (C=O) groups is 2. The molecule has 1 fully saturated rings. The zero-order chi connectivity index (χ0) is 43.5. The standard InChI is InChI=1S/C51H93N3O6/c1-5-8-10-12-16-22-29-45(30-23-17-13-11-9-6-2)60-47(56)32-25-19-15-21-27-40-54(41-28-38-53-49-48(52-4)50(57)51(49)58)39-26-20-14-18-24-31-46(55)59-42-37-44-35-33-43(7-3)34-36-44/h43-45,52-53H,5-42H2,1-4H3. The summed E-state index contributed by atoms with van der Waals surface area (Å²) in [5.41, 5.74) is -0.0546. The molecule has 0 heterocycles. The van der Waals surface area contributed by atoms with Gasteiger partial charge in [0, 0.05) is 26.4 Å². The first-order valence-electron chi connectivity index (χ1n) is 25.6. The summed E-state index contributed by atoms with van der Waals surface area (Å²) >= 11 is 0. The monoisotopic (exact) mass is 844 g/mol. The van der Waals surface area contributed by atoms with Gasteiger partial charge in [-0.25, -0.2) is 0 Å². The lowest BCUT2D eigenvalue weighted by Crippen LogP contribution is -2.37. The van der Waals surface area contributed by atoms with Gasteiger partial charge in [-0.05, 0) is 95.7 Å². The SMILES string of the molecule is CCCCCCCCC(CCCCCCCC)OC(=O)CCCCCCCN(CCCCCCCC(=O)OCCC1CCC(CC)CC1)CCCNc1c(NC)c(=O)c1=O. The number of anilines is 2. The van der Waals surface area contributed by atoms with Crippen LogP contribution in [0.2, 0.25) is 0 Å². The fourth-order valence-corrected chi connectivity index (χ4v) is 9.07. The first-order valence-corrected chi connectivity index (χ1v) is 25.6. The summed E-state index contributed by atoms with van der Waals surface area (Å²) in [6.45, 7) is 11.1. The van der Waals surface area contributed by atoms with E-state index >= 15 is 0 Å². The molecule has 1 aromatic rings. The minimum absolute atomic E-state index is 0.00261. The van der Waals surface area contributed by atoms with Crippen molar-refractivity contribution in [2.45, 2.75) is 239 Å². The lowest BCUT2D eigenvalue weighted by molar-refractivity contribution is -0.150. The van der Waals surface area contributed by atoms with E-state index in [0.29, 0.717) is 37.4 Å². The summed E-state index contributed by atoms with van der Waals surface area (Å²) in [5, 5.41) is 6.02. The van der Waals surface area contributed by atoms with Gasteiger partial charge in [0.05, 0.1) is 6.61 Å². The average molecular weight is 844 g/mol. The highest BCUT2D eigenvalue weighted by Crippen LogP contribution is 2.32. The maximum atomic E-state index is 12.9. The predicted octanol–water partition coefficient (Wildman–Crippen LogP) is 12.7. The molecule has 0 bridgehead atoms. The van der Waals surface area contributed by atoms with Crippen LogP contribution >= 0.6 is 0 Å². The van der Waals surface area contributed by atoms with Crippen molar-refractivity contribution in [2.24, 2.45) is 11.8 Å². The number of esters is 2. The molecular formula is C51H93N3O6. The van der Waals surface area contributed by atoms with Crippen LogP contribution in [0.15, 0.2) is 9.59 Å². The van der Waals surface area contributed by atoms with Crippen molar-refractivity contribution in [3.63, 3.8) is 0 Å². The van der Waals surface area contributed by atoms with Gasteiger partial charge >= 0.3 is 11.9 Å². The molecule has 0 aromatic heterocycles. The van der Waals surface area contributed by atoms with Crippen molar-refractivity contribution in [1.29, 1.82) is 0 Å². The van der Waals surface area contributed by atoms with Crippen molar-refractivity contribution in [2.75, 3.05) is 50.5 Å². The van der Waals surface area contributed by atoms with Gasteiger partial charge in [-0.2, -0.15) is 0 Å². The second kappa shape index (κ2) is 36.1. The van der Waals surface area contributed by atoms with Crippen LogP contribution in [0, 0.1) is 11.8 Å². The van der Waals surface area contributed by atoms with Crippen LogP contribution in [0.4, 0.5) is 11.4 Å². The Morgan fingerprint density at radius 3 is 1.60 bits per heavy atom. The molecule has 0 amide bonds. The summed E-state index contributed by atoms with van der Waals surface area (Å²) in [6.07, 6.45) is 37.6. The molecule has 0 unspecified atom stereocenters. The Morgan fingerprint density at radius 1 is 0.583 bits per heavy atom. The van der Waals surface area contributed by atoms with Gasteiger partial charge in [0.2, 0.25) is 0 Å². The zero-order valence-electron chi connectivity index (χ0n) is 39.5. The fourth-order valence-electron chi connectivity index (χ4n) is 9.07. The van der Waals surface area contributed by atoms with Crippen molar-refractivity contribution in [3.8, 4) is 0 Å². The summed E-state index contributed by atoms with van der Waals surface area (Å²) in [6, 6.07) is 0. The minimum Gasteiger partial charge on any atom is -0.466 e. The van der Waals surface area contributed by atoms with E-state index in [-0.39, 0.29) is 18.0 Å². The number of unbranched alkanes of at least 4 members (excludes halogenated alkanes) is 18. The van der Waals surface area contributed by atoms with Gasteiger partial charge in [-0.3, -0.25) is 19.2 Å². The van der Waals surface area contributed by atoms with Gasteiger partial charge in [0.1, 0.15) is 17.5 Å². The second-order valence-electron chi connectivity index (χ2n) is 18.3. The molecule has 348 valence electrons. The molecule has 2 rings (SSSR count). The van der Waals surface area contributed by atoms with E-state index in [9.17, 15) is 19.2 Å². The molecule has 0 spiro atoms. The van der Waals surface area contributed by atoms with E-state index in [0.717, 1.165) is 121 Å². The fraction of sp³-hybridized carbons (Fsp3) is 0.882. The molecule has 1 aromatic carbocycles. The van der Waals surface area contributed by atoms with Crippen LogP contribution < -0.4 is 21.5 Å². The van der Waals surface area contributed by atoms with E-state index in [2.05, 4.69) is 36.3 Å². The lowest BCUT2D eigenvalue weighted by Gasteiger charge is -2.27. The van der Waals surface area contributed by atoms with E-state index in [1.165, 1.54) is 109 Å². The number of carbonyl (C=O) groups excluding carboxylic acids is 2. The van der Waals surface area contributed by atoms with E-state index < -0.39 is 10.9 Å². The summed E-state index contributed by atoms with van der Waals surface area (Å²) in [7, 11) is 1.67. The average Bonchev–Trinajstić information content (AvgIpc) is 3.25. The number of nitrogens with zero attached hydrogens (tertiary/aromatic N) is 1. The number of ether oxygens (including phenoxy) is 2. The zero-order valence-corrected chi connectivity index (χ0v) is 39.5. The molecular weight excluding hydrogens is 751 g/mol. The molecule has 60 heavy (non-hydrogen) atoms. The Morgan fingerprint density at radius 2 is 1.05 bits per heavy atom. The van der Waals surface area contributed by atoms with E-state index in [1.54, 1.807) is 7.05 Å². The normalized spacial score (nSPS) is 15.6. The van der Waals surface area contributed by atoms with Gasteiger partial charge in [0.15, 0.2) is 0 Å². The molecule has 1 aliphatic carbocycles. The van der Waals surface area contributed by atoms with Gasteiger partial charge < -0.3 is 25.0 Å². The minimum atomic E-state index is -0.439. The van der Waals surface area contributed by atoms with Crippen LogP contribution in [0.25, 0.3) is 0 Å². The van der Waals surface area contributed by atoms with Crippen LogP contribution in [-0.2, 0) is 19.1 Å². The molecule has 0 radical (unpaired) electrons. The highest BCUT2D eigenvalue weighted by molar-refractivity contribution is 5.73. The van der Waals surface area contributed by atoms with Crippen molar-refractivity contribution in [3.05, 3.63) is 20.4 Å². The van der Waals surface area contributed by atoms with Crippen LogP contribution in [0.1, 0.15) is 233 Å². The molecule has 0 aliphatic heterocycles. The van der Waals surface area contributed by atoms with Gasteiger partial charge in [-0.1, -0.05) is 156 Å². The summed E-state index contributed by atoms with van der Waals surface area (Å²) in [5.74, 6) is 1.60. The maximum absolute atomic E-state index is 12.9. The van der Waals surface area contributed by atoms with E-state index in [1.807, 2.05) is 0 Å². The number of hydrogen-bond acceptors (Lipinski definition) is 9. The molecule has 1 saturated carbocycles. The Hall–Kier alpha value is -2.42. The lowest BCUT2D eigenvalue weighted by atomic mass is 9.80. The summed E-state index contributed by atoms with van der Waals surface area (Å²) in [4.78, 5) is 51.4. The first-order chi connectivity index (χ1) is 29.3. The largest absolute Gasteiger partial charge is 0.466 e. The topological polar surface area (TPSA) is 114 Å². The van der Waals surface area contributed by atoms with E-state index in [4.69, 9.17) is 9.47 Å². The Balaban J connectivity index is 1.64. The van der Waals surface area contributed by atoms with Crippen molar-refractivity contribution in [1.82, 2.24) is 4.90 Å². The molecule has 2 N–H and O–H groups in total. The smallest absolute Gasteiger partial charge is 0.306 e. The summed E-state index contributed by atoms with van der Waals surface area (Å²) < 4.78 is 11.6. The molecule has 1 aliphatic rings. The molecule has 9 heteroatoms. The number of rotatable bonds is 41.